The Bertz CT molecular complexity index is 711. The summed E-state index contributed by atoms with van der Waals surface area (Å²) >= 11 is 0. The SMILES string of the molecule is COc1cc(CCNCc2ccccc2F)c(OC)cc1C#N. The Morgan fingerprint density at radius 2 is 1.83 bits per heavy atom. The molecule has 0 radical (unpaired) electrons. The highest BCUT2D eigenvalue weighted by Crippen LogP contribution is 2.28. The minimum absolute atomic E-state index is 0.211. The first kappa shape index (κ1) is 16.8. The molecule has 0 atom stereocenters. The van der Waals surface area contributed by atoms with Gasteiger partial charge in [-0.15, -0.1) is 0 Å². The van der Waals surface area contributed by atoms with Crippen molar-refractivity contribution in [1.29, 1.82) is 5.26 Å². The van der Waals surface area contributed by atoms with Crippen molar-refractivity contribution in [1.82, 2.24) is 5.32 Å². The Balaban J connectivity index is 2.00. The third kappa shape index (κ3) is 4.21. The standard InChI is InChI=1S/C18H19FN2O2/c1-22-17-10-15(11-20)18(23-2)9-13(17)7-8-21-12-14-5-3-4-6-16(14)19/h3-6,9-10,21H,7-8,12H2,1-2H3. The van der Waals surface area contributed by atoms with Gasteiger partial charge in [0.15, 0.2) is 0 Å². The molecule has 2 aromatic carbocycles. The zero-order chi connectivity index (χ0) is 16.7. The summed E-state index contributed by atoms with van der Waals surface area (Å²) in [5.41, 5.74) is 2.01. The van der Waals surface area contributed by atoms with E-state index in [0.717, 1.165) is 5.56 Å². The predicted molar refractivity (Wildman–Crippen MR) is 86.1 cm³/mol. The largest absolute Gasteiger partial charge is 0.496 e. The van der Waals surface area contributed by atoms with E-state index in [-0.39, 0.29) is 5.82 Å². The van der Waals surface area contributed by atoms with E-state index in [1.54, 1.807) is 25.3 Å². The lowest BCUT2D eigenvalue weighted by atomic mass is 10.1. The van der Waals surface area contributed by atoms with Crippen LogP contribution < -0.4 is 14.8 Å². The van der Waals surface area contributed by atoms with Gasteiger partial charge in [-0.3, -0.25) is 0 Å². The number of nitrogens with zero attached hydrogens (tertiary/aromatic N) is 1. The Hall–Kier alpha value is -2.58. The third-order valence-electron chi connectivity index (χ3n) is 3.57. The highest BCUT2D eigenvalue weighted by molar-refractivity contribution is 5.52. The van der Waals surface area contributed by atoms with E-state index in [1.165, 1.54) is 13.2 Å². The molecule has 4 nitrogen and oxygen atoms in total. The van der Waals surface area contributed by atoms with Crippen molar-refractivity contribution in [2.75, 3.05) is 20.8 Å². The predicted octanol–water partition coefficient (Wildman–Crippen LogP) is 3.05. The van der Waals surface area contributed by atoms with Gasteiger partial charge in [-0.2, -0.15) is 5.26 Å². The summed E-state index contributed by atoms with van der Waals surface area (Å²) in [4.78, 5) is 0. The molecule has 0 fully saturated rings. The molecule has 0 aromatic heterocycles. The Kier molecular flexibility index (Phi) is 5.95. The van der Waals surface area contributed by atoms with Crippen molar-refractivity contribution in [2.24, 2.45) is 0 Å². The fraction of sp³-hybridized carbons (Fsp3) is 0.278. The zero-order valence-electron chi connectivity index (χ0n) is 13.2. The number of rotatable bonds is 7. The van der Waals surface area contributed by atoms with Crippen LogP contribution in [0.15, 0.2) is 36.4 Å². The molecule has 0 aliphatic heterocycles. The summed E-state index contributed by atoms with van der Waals surface area (Å²) in [6.07, 6.45) is 0.680. The Morgan fingerprint density at radius 3 is 2.48 bits per heavy atom. The van der Waals surface area contributed by atoms with Crippen molar-refractivity contribution < 1.29 is 13.9 Å². The van der Waals surface area contributed by atoms with Gasteiger partial charge in [-0.1, -0.05) is 18.2 Å². The van der Waals surface area contributed by atoms with Gasteiger partial charge in [0.05, 0.1) is 19.8 Å². The fourth-order valence-corrected chi connectivity index (χ4v) is 2.33. The van der Waals surface area contributed by atoms with Crippen LogP contribution in [0.5, 0.6) is 11.5 Å². The molecule has 0 saturated carbocycles. The van der Waals surface area contributed by atoms with Gasteiger partial charge in [-0.25, -0.2) is 4.39 Å². The molecule has 0 heterocycles. The van der Waals surface area contributed by atoms with Gasteiger partial charge in [0.1, 0.15) is 23.4 Å². The summed E-state index contributed by atoms with van der Waals surface area (Å²) in [7, 11) is 3.10. The molecular formula is C18H19FN2O2. The quantitative estimate of drug-likeness (QED) is 0.798. The van der Waals surface area contributed by atoms with Crippen LogP contribution in [-0.2, 0) is 13.0 Å². The molecule has 2 rings (SSSR count). The molecule has 23 heavy (non-hydrogen) atoms. The van der Waals surface area contributed by atoms with E-state index in [1.807, 2.05) is 12.1 Å². The molecule has 0 aliphatic carbocycles. The van der Waals surface area contributed by atoms with Crippen LogP contribution in [0.25, 0.3) is 0 Å². The minimum atomic E-state index is -0.211. The van der Waals surface area contributed by atoms with Crippen LogP contribution in [0.3, 0.4) is 0 Å². The highest BCUT2D eigenvalue weighted by atomic mass is 19.1. The van der Waals surface area contributed by atoms with E-state index >= 15 is 0 Å². The second-order valence-electron chi connectivity index (χ2n) is 4.99. The maximum atomic E-state index is 13.5. The average molecular weight is 314 g/mol. The summed E-state index contributed by atoms with van der Waals surface area (Å²) in [5.74, 6) is 0.963. The Labute approximate surface area is 135 Å². The third-order valence-corrected chi connectivity index (χ3v) is 3.57. The molecule has 5 heteroatoms. The number of nitrogens with one attached hydrogen (secondary N) is 1. The number of hydrogen-bond donors (Lipinski definition) is 1. The topological polar surface area (TPSA) is 54.3 Å². The van der Waals surface area contributed by atoms with Crippen LogP contribution in [0.1, 0.15) is 16.7 Å². The number of methoxy groups -OCH3 is 2. The highest BCUT2D eigenvalue weighted by Gasteiger charge is 2.11. The second-order valence-corrected chi connectivity index (χ2v) is 4.99. The molecule has 0 unspecified atom stereocenters. The van der Waals surface area contributed by atoms with Crippen LogP contribution >= 0.6 is 0 Å². The molecule has 2 aromatic rings. The van der Waals surface area contributed by atoms with Crippen molar-refractivity contribution in [3.05, 3.63) is 58.9 Å². The maximum absolute atomic E-state index is 13.5. The van der Waals surface area contributed by atoms with E-state index in [0.29, 0.717) is 42.1 Å². The van der Waals surface area contributed by atoms with E-state index in [2.05, 4.69) is 11.4 Å². The van der Waals surface area contributed by atoms with E-state index in [9.17, 15) is 4.39 Å². The zero-order valence-corrected chi connectivity index (χ0v) is 13.2. The van der Waals surface area contributed by atoms with Crippen molar-refractivity contribution >= 4 is 0 Å². The monoisotopic (exact) mass is 314 g/mol. The van der Waals surface area contributed by atoms with Gasteiger partial charge in [-0.05, 0) is 30.7 Å². The number of ether oxygens (including phenoxy) is 2. The molecule has 0 spiro atoms. The summed E-state index contributed by atoms with van der Waals surface area (Å²) in [6.45, 7) is 1.11. The van der Waals surface area contributed by atoms with Crippen LogP contribution in [0.4, 0.5) is 4.39 Å². The molecule has 0 saturated heterocycles. The van der Waals surface area contributed by atoms with Crippen LogP contribution in [0.2, 0.25) is 0 Å². The van der Waals surface area contributed by atoms with Gasteiger partial charge in [0.25, 0.3) is 0 Å². The van der Waals surface area contributed by atoms with Crippen LogP contribution in [0, 0.1) is 17.1 Å². The molecule has 0 bridgehead atoms. The van der Waals surface area contributed by atoms with Gasteiger partial charge in [0, 0.05) is 18.2 Å². The number of halogens is 1. The lowest BCUT2D eigenvalue weighted by Crippen LogP contribution is -2.17. The summed E-state index contributed by atoms with van der Waals surface area (Å²) in [6, 6.07) is 12.3. The summed E-state index contributed by atoms with van der Waals surface area (Å²) in [5, 5.41) is 12.3. The number of benzene rings is 2. The van der Waals surface area contributed by atoms with Crippen molar-refractivity contribution in [3.63, 3.8) is 0 Å². The molecule has 1 N–H and O–H groups in total. The minimum Gasteiger partial charge on any atom is -0.496 e. The summed E-state index contributed by atoms with van der Waals surface area (Å²) < 4.78 is 24.1. The van der Waals surface area contributed by atoms with Gasteiger partial charge < -0.3 is 14.8 Å². The number of nitriles is 1. The first-order valence-electron chi connectivity index (χ1n) is 7.28. The lowest BCUT2D eigenvalue weighted by molar-refractivity contribution is 0.397. The van der Waals surface area contributed by atoms with Gasteiger partial charge in [0.2, 0.25) is 0 Å². The molecular weight excluding hydrogens is 295 g/mol. The first-order chi connectivity index (χ1) is 11.2. The fourth-order valence-electron chi connectivity index (χ4n) is 2.33. The van der Waals surface area contributed by atoms with E-state index in [4.69, 9.17) is 14.7 Å². The van der Waals surface area contributed by atoms with E-state index < -0.39 is 0 Å². The van der Waals surface area contributed by atoms with Crippen molar-refractivity contribution in [2.45, 2.75) is 13.0 Å². The average Bonchev–Trinajstić information content (AvgIpc) is 2.59. The number of hydrogen-bond acceptors (Lipinski definition) is 4. The van der Waals surface area contributed by atoms with Crippen molar-refractivity contribution in [3.8, 4) is 17.6 Å². The van der Waals surface area contributed by atoms with Gasteiger partial charge >= 0.3 is 0 Å². The lowest BCUT2D eigenvalue weighted by Gasteiger charge is -2.12. The van der Waals surface area contributed by atoms with Crippen LogP contribution in [-0.4, -0.2) is 20.8 Å². The first-order valence-corrected chi connectivity index (χ1v) is 7.28. The normalized spacial score (nSPS) is 10.2. The second kappa shape index (κ2) is 8.16. The Morgan fingerprint density at radius 1 is 1.09 bits per heavy atom. The molecule has 120 valence electrons. The molecule has 0 amide bonds. The molecule has 0 aliphatic rings. The maximum Gasteiger partial charge on any atom is 0.137 e. The smallest absolute Gasteiger partial charge is 0.137 e.